The van der Waals surface area contributed by atoms with Crippen LogP contribution < -0.4 is 0 Å². The van der Waals surface area contributed by atoms with Crippen molar-refractivity contribution in [3.05, 3.63) is 29.8 Å². The van der Waals surface area contributed by atoms with Crippen LogP contribution in [-0.4, -0.2) is 36.4 Å². The molecule has 2 rings (SSSR count). The lowest BCUT2D eigenvalue weighted by Crippen LogP contribution is -2.37. The zero-order valence-corrected chi connectivity index (χ0v) is 11.2. The van der Waals surface area contributed by atoms with E-state index in [4.69, 9.17) is 5.11 Å². The standard InChI is InChI=1S/C12H13F2NO4S/c13-9-4-1-5-10(14)12(9)20(18,19)15-6-2-3-8(15)7-11(16)17/h1,4-5,8H,2-3,6-7H2,(H,16,17). The Bertz CT molecular complexity index is 612. The van der Waals surface area contributed by atoms with Crippen LogP contribution in [0.3, 0.4) is 0 Å². The van der Waals surface area contributed by atoms with E-state index in [0.717, 1.165) is 22.5 Å². The summed E-state index contributed by atoms with van der Waals surface area (Å²) >= 11 is 0. The number of aliphatic carboxylic acids is 1. The number of carbonyl (C=O) groups is 1. The van der Waals surface area contributed by atoms with Crippen molar-refractivity contribution in [1.82, 2.24) is 4.31 Å². The number of carboxylic acids is 1. The van der Waals surface area contributed by atoms with Gasteiger partial charge in [0.1, 0.15) is 11.6 Å². The van der Waals surface area contributed by atoms with Crippen molar-refractivity contribution in [2.24, 2.45) is 0 Å². The average molecular weight is 305 g/mol. The third-order valence-corrected chi connectivity index (χ3v) is 5.22. The molecule has 0 bridgehead atoms. The summed E-state index contributed by atoms with van der Waals surface area (Å²) in [5.41, 5.74) is 0. The number of carboxylic acid groups (broad SMARTS) is 1. The largest absolute Gasteiger partial charge is 0.481 e. The fraction of sp³-hybridized carbons (Fsp3) is 0.417. The molecule has 1 fully saturated rings. The second-order valence-electron chi connectivity index (χ2n) is 4.56. The lowest BCUT2D eigenvalue weighted by Gasteiger charge is -2.23. The molecular formula is C12H13F2NO4S. The van der Waals surface area contributed by atoms with E-state index in [9.17, 15) is 22.0 Å². The first kappa shape index (κ1) is 14.9. The summed E-state index contributed by atoms with van der Waals surface area (Å²) in [4.78, 5) is 9.71. The van der Waals surface area contributed by atoms with Gasteiger partial charge in [-0.3, -0.25) is 4.79 Å². The molecule has 0 saturated carbocycles. The van der Waals surface area contributed by atoms with Gasteiger partial charge in [0.25, 0.3) is 0 Å². The molecule has 1 aromatic carbocycles. The van der Waals surface area contributed by atoms with Gasteiger partial charge in [-0.25, -0.2) is 17.2 Å². The summed E-state index contributed by atoms with van der Waals surface area (Å²) in [7, 11) is -4.37. The van der Waals surface area contributed by atoms with Crippen molar-refractivity contribution in [2.45, 2.75) is 30.2 Å². The van der Waals surface area contributed by atoms with Crippen LogP contribution in [0.1, 0.15) is 19.3 Å². The summed E-state index contributed by atoms with van der Waals surface area (Å²) in [6.45, 7) is 0.0635. The first-order valence-corrected chi connectivity index (χ1v) is 7.45. The second kappa shape index (κ2) is 5.45. The van der Waals surface area contributed by atoms with E-state index in [1.165, 1.54) is 0 Å². The number of rotatable bonds is 4. The van der Waals surface area contributed by atoms with E-state index < -0.39 is 38.6 Å². The van der Waals surface area contributed by atoms with Crippen molar-refractivity contribution in [1.29, 1.82) is 0 Å². The first-order valence-electron chi connectivity index (χ1n) is 6.01. The molecule has 8 heteroatoms. The van der Waals surface area contributed by atoms with Gasteiger partial charge >= 0.3 is 5.97 Å². The molecule has 0 amide bonds. The van der Waals surface area contributed by atoms with Crippen molar-refractivity contribution in [2.75, 3.05) is 6.54 Å². The van der Waals surface area contributed by atoms with Crippen LogP contribution in [0.4, 0.5) is 8.78 Å². The van der Waals surface area contributed by atoms with Gasteiger partial charge in [-0.1, -0.05) is 6.07 Å². The van der Waals surface area contributed by atoms with Gasteiger partial charge < -0.3 is 5.11 Å². The number of hydrogen-bond acceptors (Lipinski definition) is 3. The molecule has 1 heterocycles. The van der Waals surface area contributed by atoms with Crippen molar-refractivity contribution < 1.29 is 27.1 Å². The summed E-state index contributed by atoms with van der Waals surface area (Å²) in [5.74, 6) is -3.50. The Morgan fingerprint density at radius 3 is 2.50 bits per heavy atom. The molecule has 1 aliphatic rings. The maximum atomic E-state index is 13.6. The van der Waals surface area contributed by atoms with E-state index in [0.29, 0.717) is 12.8 Å². The number of hydrogen-bond donors (Lipinski definition) is 1. The lowest BCUT2D eigenvalue weighted by atomic mass is 10.2. The lowest BCUT2D eigenvalue weighted by molar-refractivity contribution is -0.137. The third-order valence-electron chi connectivity index (χ3n) is 3.22. The molecule has 0 aromatic heterocycles. The smallest absolute Gasteiger partial charge is 0.304 e. The van der Waals surface area contributed by atoms with Crippen LogP contribution in [0.15, 0.2) is 23.1 Å². The molecule has 0 spiro atoms. The number of nitrogens with zero attached hydrogens (tertiary/aromatic N) is 1. The Morgan fingerprint density at radius 1 is 1.35 bits per heavy atom. The highest BCUT2D eigenvalue weighted by Crippen LogP contribution is 2.30. The van der Waals surface area contributed by atoms with E-state index in [1.807, 2.05) is 0 Å². The average Bonchev–Trinajstić information content (AvgIpc) is 2.76. The maximum absolute atomic E-state index is 13.6. The summed E-state index contributed by atoms with van der Waals surface area (Å²) in [5, 5.41) is 8.77. The molecule has 1 aliphatic heterocycles. The minimum atomic E-state index is -4.37. The summed E-state index contributed by atoms with van der Waals surface area (Å²) < 4.78 is 52.8. The molecule has 0 aliphatic carbocycles. The topological polar surface area (TPSA) is 74.7 Å². The predicted octanol–water partition coefficient (Wildman–Crippen LogP) is 1.59. The third kappa shape index (κ3) is 2.66. The van der Waals surface area contributed by atoms with E-state index in [2.05, 4.69) is 0 Å². The molecule has 110 valence electrons. The van der Waals surface area contributed by atoms with Gasteiger partial charge in [0.15, 0.2) is 4.90 Å². The SMILES string of the molecule is O=C(O)CC1CCCN1S(=O)(=O)c1c(F)cccc1F. The Hall–Kier alpha value is -1.54. The van der Waals surface area contributed by atoms with Crippen LogP contribution in [0.2, 0.25) is 0 Å². The van der Waals surface area contributed by atoms with Gasteiger partial charge in [-0.05, 0) is 25.0 Å². The van der Waals surface area contributed by atoms with Crippen LogP contribution >= 0.6 is 0 Å². The molecule has 5 nitrogen and oxygen atoms in total. The van der Waals surface area contributed by atoms with Crippen molar-refractivity contribution >= 4 is 16.0 Å². The highest BCUT2D eigenvalue weighted by Gasteiger charge is 2.39. The Balaban J connectivity index is 2.42. The molecule has 1 N–H and O–H groups in total. The van der Waals surface area contributed by atoms with Gasteiger partial charge in [-0.15, -0.1) is 0 Å². The van der Waals surface area contributed by atoms with Gasteiger partial charge in [-0.2, -0.15) is 4.31 Å². The van der Waals surface area contributed by atoms with Crippen molar-refractivity contribution in [3.63, 3.8) is 0 Å². The number of sulfonamides is 1. The second-order valence-corrected chi connectivity index (χ2v) is 6.39. The fourth-order valence-corrected chi connectivity index (χ4v) is 4.18. The molecule has 1 aromatic rings. The molecule has 1 unspecified atom stereocenters. The molecule has 1 atom stereocenters. The normalized spacial score (nSPS) is 20.2. The van der Waals surface area contributed by atoms with Gasteiger partial charge in [0.2, 0.25) is 10.0 Å². The Morgan fingerprint density at radius 2 is 1.95 bits per heavy atom. The van der Waals surface area contributed by atoms with E-state index >= 15 is 0 Å². The number of halogens is 2. The molecule has 1 saturated heterocycles. The molecular weight excluding hydrogens is 292 g/mol. The minimum Gasteiger partial charge on any atom is -0.481 e. The Kier molecular flexibility index (Phi) is 4.05. The fourth-order valence-electron chi connectivity index (χ4n) is 2.38. The summed E-state index contributed by atoms with van der Waals surface area (Å²) in [6, 6.07) is 2.02. The minimum absolute atomic E-state index is 0.0635. The predicted molar refractivity (Wildman–Crippen MR) is 65.5 cm³/mol. The van der Waals surface area contributed by atoms with Gasteiger partial charge in [0, 0.05) is 12.6 Å². The van der Waals surface area contributed by atoms with Crippen LogP contribution in [0.5, 0.6) is 0 Å². The molecule has 20 heavy (non-hydrogen) atoms. The zero-order valence-electron chi connectivity index (χ0n) is 10.4. The highest BCUT2D eigenvalue weighted by molar-refractivity contribution is 7.89. The zero-order chi connectivity index (χ0) is 14.9. The molecule has 0 radical (unpaired) electrons. The monoisotopic (exact) mass is 305 g/mol. The van der Waals surface area contributed by atoms with Crippen LogP contribution in [-0.2, 0) is 14.8 Å². The quantitative estimate of drug-likeness (QED) is 0.916. The maximum Gasteiger partial charge on any atom is 0.304 e. The van der Waals surface area contributed by atoms with E-state index in [1.54, 1.807) is 0 Å². The van der Waals surface area contributed by atoms with Gasteiger partial charge in [0.05, 0.1) is 6.42 Å². The number of benzene rings is 1. The summed E-state index contributed by atoms with van der Waals surface area (Å²) in [6.07, 6.45) is 0.449. The van der Waals surface area contributed by atoms with Crippen LogP contribution in [0.25, 0.3) is 0 Å². The van der Waals surface area contributed by atoms with Crippen molar-refractivity contribution in [3.8, 4) is 0 Å². The Labute approximate surface area is 114 Å². The first-order chi connectivity index (χ1) is 9.34. The van der Waals surface area contributed by atoms with E-state index in [-0.39, 0.29) is 13.0 Å². The van der Waals surface area contributed by atoms with Crippen LogP contribution in [0, 0.1) is 11.6 Å². The highest BCUT2D eigenvalue weighted by atomic mass is 32.2.